The lowest BCUT2D eigenvalue weighted by Crippen LogP contribution is -2.63. The highest BCUT2D eigenvalue weighted by Crippen LogP contribution is 2.37. The van der Waals surface area contributed by atoms with Crippen LogP contribution in [0.1, 0.15) is 29.2 Å². The number of aliphatic hydroxyl groups is 5. The van der Waals surface area contributed by atoms with Crippen LogP contribution >= 0.6 is 11.6 Å². The third-order valence-corrected chi connectivity index (χ3v) is 5.62. The first-order valence-corrected chi connectivity index (χ1v) is 9.60. The monoisotopic (exact) mass is 408 g/mol. The van der Waals surface area contributed by atoms with Crippen LogP contribution in [0, 0.1) is 0 Å². The highest BCUT2D eigenvalue weighted by molar-refractivity contribution is 6.31. The summed E-state index contributed by atoms with van der Waals surface area (Å²) in [5.41, 5.74) is 3.12. The van der Waals surface area contributed by atoms with Crippen molar-refractivity contribution in [1.29, 1.82) is 0 Å². The van der Waals surface area contributed by atoms with Gasteiger partial charge in [0.2, 0.25) is 5.79 Å². The van der Waals surface area contributed by atoms with Gasteiger partial charge in [-0.05, 0) is 41.7 Å². The van der Waals surface area contributed by atoms with E-state index in [9.17, 15) is 25.5 Å². The average molecular weight is 409 g/mol. The van der Waals surface area contributed by atoms with Crippen LogP contribution in [-0.4, -0.2) is 56.6 Å². The summed E-state index contributed by atoms with van der Waals surface area (Å²) in [6.45, 7) is 1.45. The molecule has 3 rings (SSSR count). The molecule has 1 unspecified atom stereocenters. The molecule has 1 fully saturated rings. The highest BCUT2D eigenvalue weighted by Gasteiger charge is 2.53. The van der Waals surface area contributed by atoms with Gasteiger partial charge in [0.25, 0.3) is 0 Å². The van der Waals surface area contributed by atoms with Crippen molar-refractivity contribution in [2.75, 3.05) is 6.61 Å². The van der Waals surface area contributed by atoms with E-state index in [1.54, 1.807) is 12.1 Å². The predicted octanol–water partition coefficient (Wildman–Crippen LogP) is 1.11. The standard InChI is InChI=1S/C21H25ClO6/c1-2-12-3-5-13(6-4-12)9-14-10-15(7-8-16(14)22)21(27)20(26)19(25)18(24)17(11-23)28-21/h3-8,10,17-20,23-27H,2,9,11H2,1H3/t17-,18-,19+,20-,21?/m1/s1. The van der Waals surface area contributed by atoms with Gasteiger partial charge in [0, 0.05) is 10.6 Å². The zero-order valence-electron chi connectivity index (χ0n) is 15.5. The fourth-order valence-electron chi connectivity index (χ4n) is 3.44. The molecule has 0 aromatic heterocycles. The topological polar surface area (TPSA) is 110 Å². The van der Waals surface area contributed by atoms with Crippen LogP contribution in [0.3, 0.4) is 0 Å². The minimum Gasteiger partial charge on any atom is -0.394 e. The Kier molecular flexibility index (Phi) is 6.41. The van der Waals surface area contributed by atoms with Crippen LogP contribution in [-0.2, 0) is 23.4 Å². The third-order valence-electron chi connectivity index (χ3n) is 5.25. The maximum Gasteiger partial charge on any atom is 0.222 e. The van der Waals surface area contributed by atoms with Crippen LogP contribution in [0.2, 0.25) is 5.02 Å². The molecule has 1 aliphatic rings. The molecule has 5 N–H and O–H groups in total. The molecule has 2 aromatic carbocycles. The Bertz CT molecular complexity index is 809. The Labute approximate surface area is 168 Å². The van der Waals surface area contributed by atoms with Gasteiger partial charge in [-0.1, -0.05) is 48.9 Å². The number of aliphatic hydroxyl groups excluding tert-OH is 4. The van der Waals surface area contributed by atoms with Crippen LogP contribution in [0.25, 0.3) is 0 Å². The van der Waals surface area contributed by atoms with E-state index >= 15 is 0 Å². The van der Waals surface area contributed by atoms with E-state index in [1.165, 1.54) is 11.6 Å². The van der Waals surface area contributed by atoms with Crippen LogP contribution in [0.5, 0.6) is 0 Å². The lowest BCUT2D eigenvalue weighted by molar-refractivity contribution is -0.357. The van der Waals surface area contributed by atoms with E-state index in [0.717, 1.165) is 12.0 Å². The molecule has 0 radical (unpaired) electrons. The molecule has 2 aromatic rings. The van der Waals surface area contributed by atoms with E-state index in [2.05, 4.69) is 6.92 Å². The Morgan fingerprint density at radius 1 is 1.00 bits per heavy atom. The molecular weight excluding hydrogens is 384 g/mol. The molecule has 0 bridgehead atoms. The number of ether oxygens (including phenoxy) is 1. The molecule has 6 nitrogen and oxygen atoms in total. The van der Waals surface area contributed by atoms with Gasteiger partial charge < -0.3 is 30.3 Å². The van der Waals surface area contributed by atoms with Gasteiger partial charge in [0.05, 0.1) is 6.61 Å². The number of hydrogen-bond donors (Lipinski definition) is 5. The van der Waals surface area contributed by atoms with E-state index in [-0.39, 0.29) is 5.56 Å². The predicted molar refractivity (Wildman–Crippen MR) is 104 cm³/mol. The van der Waals surface area contributed by atoms with Gasteiger partial charge >= 0.3 is 0 Å². The first kappa shape index (κ1) is 21.2. The fraction of sp³-hybridized carbons (Fsp3) is 0.429. The summed E-state index contributed by atoms with van der Waals surface area (Å²) < 4.78 is 5.38. The summed E-state index contributed by atoms with van der Waals surface area (Å²) in [6.07, 6.45) is -4.82. The van der Waals surface area contributed by atoms with Crippen molar-refractivity contribution in [3.63, 3.8) is 0 Å². The zero-order chi connectivity index (χ0) is 20.5. The Balaban J connectivity index is 1.92. The van der Waals surface area contributed by atoms with Crippen LogP contribution in [0.4, 0.5) is 0 Å². The SMILES string of the molecule is CCc1ccc(Cc2cc(C3(O)O[C@H](CO)[C@@H](O)[C@H](O)[C@H]3O)ccc2Cl)cc1. The Hall–Kier alpha value is -1.51. The first-order chi connectivity index (χ1) is 13.3. The van der Waals surface area contributed by atoms with E-state index in [1.807, 2.05) is 24.3 Å². The van der Waals surface area contributed by atoms with Gasteiger partial charge in [0.1, 0.15) is 24.4 Å². The lowest BCUT2D eigenvalue weighted by atomic mass is 9.87. The summed E-state index contributed by atoms with van der Waals surface area (Å²) in [5, 5.41) is 51.1. The molecule has 0 saturated carbocycles. The molecule has 0 aliphatic carbocycles. The van der Waals surface area contributed by atoms with Gasteiger partial charge in [-0.2, -0.15) is 0 Å². The number of benzene rings is 2. The number of aryl methyl sites for hydroxylation is 1. The maximum atomic E-state index is 11.0. The third kappa shape index (κ3) is 3.95. The first-order valence-electron chi connectivity index (χ1n) is 9.22. The average Bonchev–Trinajstić information content (AvgIpc) is 2.71. The zero-order valence-corrected chi connectivity index (χ0v) is 16.3. The summed E-state index contributed by atoms with van der Waals surface area (Å²) in [5.74, 6) is -2.29. The molecule has 5 atom stereocenters. The van der Waals surface area contributed by atoms with Crippen molar-refractivity contribution in [2.24, 2.45) is 0 Å². The molecular formula is C21H25ClO6. The van der Waals surface area contributed by atoms with Gasteiger partial charge in [-0.25, -0.2) is 0 Å². The Morgan fingerprint density at radius 3 is 2.25 bits per heavy atom. The number of hydrogen-bond acceptors (Lipinski definition) is 6. The molecule has 1 aliphatic heterocycles. The summed E-state index contributed by atoms with van der Waals surface area (Å²) in [7, 11) is 0. The summed E-state index contributed by atoms with van der Waals surface area (Å²) >= 11 is 6.32. The van der Waals surface area contributed by atoms with Crippen molar-refractivity contribution in [1.82, 2.24) is 0 Å². The van der Waals surface area contributed by atoms with Crippen molar-refractivity contribution in [2.45, 2.75) is 50.0 Å². The van der Waals surface area contributed by atoms with Gasteiger partial charge in [-0.15, -0.1) is 0 Å². The van der Waals surface area contributed by atoms with Gasteiger partial charge in [0.15, 0.2) is 0 Å². The van der Waals surface area contributed by atoms with Crippen LogP contribution < -0.4 is 0 Å². The van der Waals surface area contributed by atoms with E-state index in [4.69, 9.17) is 16.3 Å². The quantitative estimate of drug-likeness (QED) is 0.507. The molecule has 1 heterocycles. The fourth-order valence-corrected chi connectivity index (χ4v) is 3.62. The van der Waals surface area contributed by atoms with E-state index in [0.29, 0.717) is 17.0 Å². The maximum absolute atomic E-state index is 11.0. The normalized spacial score (nSPS) is 30.4. The lowest BCUT2D eigenvalue weighted by Gasteiger charge is -2.45. The van der Waals surface area contributed by atoms with Crippen LogP contribution in [0.15, 0.2) is 42.5 Å². The van der Waals surface area contributed by atoms with E-state index < -0.39 is 36.8 Å². The minimum absolute atomic E-state index is 0.175. The molecule has 0 amide bonds. The summed E-state index contributed by atoms with van der Waals surface area (Å²) in [4.78, 5) is 0. The smallest absolute Gasteiger partial charge is 0.222 e. The molecule has 152 valence electrons. The second-order valence-electron chi connectivity index (χ2n) is 7.11. The molecule has 1 saturated heterocycles. The largest absolute Gasteiger partial charge is 0.394 e. The minimum atomic E-state index is -2.29. The van der Waals surface area contributed by atoms with Crippen molar-refractivity contribution < 1.29 is 30.3 Å². The van der Waals surface area contributed by atoms with Crippen molar-refractivity contribution >= 4 is 11.6 Å². The molecule has 0 spiro atoms. The van der Waals surface area contributed by atoms with Crippen molar-refractivity contribution in [3.8, 4) is 0 Å². The highest BCUT2D eigenvalue weighted by atomic mass is 35.5. The molecule has 28 heavy (non-hydrogen) atoms. The Morgan fingerprint density at radius 2 is 1.64 bits per heavy atom. The summed E-state index contributed by atoms with van der Waals surface area (Å²) in [6, 6.07) is 12.7. The number of rotatable bonds is 5. The van der Waals surface area contributed by atoms with Crippen molar-refractivity contribution in [3.05, 3.63) is 69.7 Å². The molecule has 7 heteroatoms. The van der Waals surface area contributed by atoms with Gasteiger partial charge in [-0.3, -0.25) is 0 Å². The number of halogens is 1. The second-order valence-corrected chi connectivity index (χ2v) is 7.52. The second kappa shape index (κ2) is 8.47.